The number of benzene rings is 1. The van der Waals surface area contributed by atoms with Crippen molar-refractivity contribution >= 4 is 17.8 Å². The molecule has 34 heavy (non-hydrogen) atoms. The second-order valence-corrected chi connectivity index (χ2v) is 9.12. The molecule has 1 atom stereocenters. The van der Waals surface area contributed by atoms with Crippen LogP contribution in [0, 0.1) is 0 Å². The van der Waals surface area contributed by atoms with Gasteiger partial charge in [0.15, 0.2) is 0 Å². The molecular formula is C24H25F3N4O3. The molecule has 0 unspecified atom stereocenters. The van der Waals surface area contributed by atoms with E-state index in [2.05, 4.69) is 10.3 Å². The molecule has 2 fully saturated rings. The summed E-state index contributed by atoms with van der Waals surface area (Å²) >= 11 is 0. The average Bonchev–Trinajstić information content (AvgIpc) is 3.33. The van der Waals surface area contributed by atoms with E-state index in [0.717, 1.165) is 23.5 Å². The summed E-state index contributed by atoms with van der Waals surface area (Å²) in [6.07, 6.45) is -2.59. The Labute approximate surface area is 194 Å². The molecule has 4 amide bonds. The average molecular weight is 474 g/mol. The van der Waals surface area contributed by atoms with Crippen LogP contribution in [0.5, 0.6) is 0 Å². The van der Waals surface area contributed by atoms with Gasteiger partial charge in [-0.1, -0.05) is 18.2 Å². The van der Waals surface area contributed by atoms with Crippen molar-refractivity contribution in [2.75, 3.05) is 13.1 Å². The molecule has 0 spiro atoms. The Balaban J connectivity index is 1.46. The van der Waals surface area contributed by atoms with Gasteiger partial charge in [-0.05, 0) is 56.5 Å². The molecule has 7 nitrogen and oxygen atoms in total. The Morgan fingerprint density at radius 2 is 1.85 bits per heavy atom. The highest BCUT2D eigenvalue weighted by molar-refractivity contribution is 6.08. The maximum absolute atomic E-state index is 13.0. The maximum atomic E-state index is 13.0. The molecule has 180 valence electrons. The lowest BCUT2D eigenvalue weighted by Crippen LogP contribution is -2.44. The summed E-state index contributed by atoms with van der Waals surface area (Å²) in [5.74, 6) is -0.781. The lowest BCUT2D eigenvalue weighted by atomic mass is 10.1. The SMILES string of the molecule is CC1(C)NC(=O)N(CC(=O)N2CCC[C@H]2c2cccc(Cc3ccc(C(F)(F)F)cc3)n2)C1=O. The van der Waals surface area contributed by atoms with Gasteiger partial charge in [-0.2, -0.15) is 13.2 Å². The summed E-state index contributed by atoms with van der Waals surface area (Å²) in [5, 5.41) is 2.57. The fourth-order valence-corrected chi connectivity index (χ4v) is 4.36. The Morgan fingerprint density at radius 1 is 1.15 bits per heavy atom. The largest absolute Gasteiger partial charge is 0.416 e. The van der Waals surface area contributed by atoms with E-state index in [1.807, 2.05) is 12.1 Å². The van der Waals surface area contributed by atoms with Gasteiger partial charge in [-0.3, -0.25) is 19.5 Å². The molecule has 4 rings (SSSR count). The second-order valence-electron chi connectivity index (χ2n) is 9.12. The number of rotatable bonds is 5. The van der Waals surface area contributed by atoms with Crippen LogP contribution in [0.1, 0.15) is 55.2 Å². The number of urea groups is 1. The van der Waals surface area contributed by atoms with Gasteiger partial charge < -0.3 is 10.2 Å². The van der Waals surface area contributed by atoms with Crippen LogP contribution in [-0.4, -0.2) is 51.3 Å². The monoisotopic (exact) mass is 474 g/mol. The number of hydrogen-bond donors (Lipinski definition) is 1. The number of carbonyl (C=O) groups is 3. The van der Waals surface area contributed by atoms with Crippen LogP contribution in [0.15, 0.2) is 42.5 Å². The predicted octanol–water partition coefficient (Wildman–Crippen LogP) is 3.69. The van der Waals surface area contributed by atoms with Crippen molar-refractivity contribution in [1.82, 2.24) is 20.1 Å². The zero-order chi connectivity index (χ0) is 24.7. The molecule has 2 aliphatic heterocycles. The van der Waals surface area contributed by atoms with Crippen LogP contribution in [0.3, 0.4) is 0 Å². The topological polar surface area (TPSA) is 82.6 Å². The second kappa shape index (κ2) is 8.73. The van der Waals surface area contributed by atoms with Gasteiger partial charge in [-0.15, -0.1) is 0 Å². The third kappa shape index (κ3) is 4.76. The number of nitrogens with zero attached hydrogens (tertiary/aromatic N) is 3. The highest BCUT2D eigenvalue weighted by Gasteiger charge is 2.46. The minimum atomic E-state index is -4.38. The summed E-state index contributed by atoms with van der Waals surface area (Å²) < 4.78 is 38.4. The van der Waals surface area contributed by atoms with Crippen LogP contribution in [0.4, 0.5) is 18.0 Å². The van der Waals surface area contributed by atoms with Crippen molar-refractivity contribution in [2.45, 2.75) is 50.9 Å². The Kier molecular flexibility index (Phi) is 6.09. The van der Waals surface area contributed by atoms with E-state index < -0.39 is 29.2 Å². The highest BCUT2D eigenvalue weighted by Crippen LogP contribution is 2.32. The Morgan fingerprint density at radius 3 is 2.47 bits per heavy atom. The van der Waals surface area contributed by atoms with Crippen LogP contribution in [0.2, 0.25) is 0 Å². The third-order valence-corrected chi connectivity index (χ3v) is 6.15. The quantitative estimate of drug-likeness (QED) is 0.671. The van der Waals surface area contributed by atoms with Crippen LogP contribution in [-0.2, 0) is 22.2 Å². The number of aromatic nitrogens is 1. The molecule has 10 heteroatoms. The predicted molar refractivity (Wildman–Crippen MR) is 116 cm³/mol. The fraction of sp³-hybridized carbons (Fsp3) is 0.417. The van der Waals surface area contributed by atoms with Crippen LogP contribution < -0.4 is 5.32 Å². The molecule has 2 saturated heterocycles. The van der Waals surface area contributed by atoms with Crippen molar-refractivity contribution in [3.05, 3.63) is 65.0 Å². The lowest BCUT2D eigenvalue weighted by Gasteiger charge is -2.26. The molecule has 0 radical (unpaired) electrons. The standard InChI is InChI=1S/C24H25F3N4O3/c1-23(2)21(33)31(22(34)29-23)14-20(32)30-12-4-7-19(30)18-6-3-5-17(28-18)13-15-8-10-16(11-9-15)24(25,26)27/h3,5-6,8-11,19H,4,7,12-14H2,1-2H3,(H,29,34)/t19-/m0/s1. The van der Waals surface area contributed by atoms with Gasteiger partial charge in [0.2, 0.25) is 5.91 Å². The summed E-state index contributed by atoms with van der Waals surface area (Å²) in [7, 11) is 0. The molecule has 1 aromatic carbocycles. The Bertz CT molecular complexity index is 1120. The van der Waals surface area contributed by atoms with E-state index in [0.29, 0.717) is 36.3 Å². The summed E-state index contributed by atoms with van der Waals surface area (Å²) in [4.78, 5) is 44.8. The third-order valence-electron chi connectivity index (χ3n) is 6.15. The van der Waals surface area contributed by atoms with Gasteiger partial charge in [0.1, 0.15) is 12.1 Å². The van der Waals surface area contributed by atoms with E-state index >= 15 is 0 Å². The first-order valence-corrected chi connectivity index (χ1v) is 11.0. The molecule has 0 aliphatic carbocycles. The first-order valence-electron chi connectivity index (χ1n) is 11.0. The van der Waals surface area contributed by atoms with Crippen molar-refractivity contribution in [3.8, 4) is 0 Å². The minimum Gasteiger partial charge on any atom is -0.333 e. The Hall–Kier alpha value is -3.43. The van der Waals surface area contributed by atoms with Crippen LogP contribution in [0.25, 0.3) is 0 Å². The van der Waals surface area contributed by atoms with E-state index in [9.17, 15) is 27.6 Å². The van der Waals surface area contributed by atoms with Crippen molar-refractivity contribution in [1.29, 1.82) is 0 Å². The fourth-order valence-electron chi connectivity index (χ4n) is 4.36. The first-order chi connectivity index (χ1) is 16.0. The molecule has 1 N–H and O–H groups in total. The molecule has 0 saturated carbocycles. The summed E-state index contributed by atoms with van der Waals surface area (Å²) in [6, 6.07) is 9.49. The van der Waals surface area contributed by atoms with Crippen molar-refractivity contribution in [2.24, 2.45) is 0 Å². The molecule has 0 bridgehead atoms. The number of imide groups is 1. The van der Waals surface area contributed by atoms with E-state index in [1.54, 1.807) is 24.8 Å². The number of alkyl halides is 3. The molecule has 1 aromatic heterocycles. The summed E-state index contributed by atoms with van der Waals surface area (Å²) in [5.41, 5.74) is 0.292. The van der Waals surface area contributed by atoms with E-state index in [1.165, 1.54) is 12.1 Å². The van der Waals surface area contributed by atoms with Crippen LogP contribution >= 0.6 is 0 Å². The van der Waals surface area contributed by atoms with E-state index in [-0.39, 0.29) is 18.5 Å². The first kappa shape index (κ1) is 23.7. The molecular weight excluding hydrogens is 449 g/mol. The van der Waals surface area contributed by atoms with Gasteiger partial charge in [-0.25, -0.2) is 4.79 Å². The molecule has 3 heterocycles. The maximum Gasteiger partial charge on any atom is 0.416 e. The highest BCUT2D eigenvalue weighted by atomic mass is 19.4. The molecule has 2 aromatic rings. The normalized spacial score (nSPS) is 20.1. The van der Waals surface area contributed by atoms with E-state index in [4.69, 9.17) is 0 Å². The number of halogens is 3. The summed E-state index contributed by atoms with van der Waals surface area (Å²) in [6.45, 7) is 3.32. The number of likely N-dealkylation sites (tertiary alicyclic amines) is 1. The minimum absolute atomic E-state index is 0.297. The number of hydrogen-bond acceptors (Lipinski definition) is 4. The molecule has 2 aliphatic rings. The van der Waals surface area contributed by atoms with Gasteiger partial charge >= 0.3 is 12.2 Å². The number of carbonyl (C=O) groups excluding carboxylic acids is 3. The lowest BCUT2D eigenvalue weighted by molar-refractivity contribution is -0.139. The van der Waals surface area contributed by atoms with Gasteiger partial charge in [0.05, 0.1) is 17.3 Å². The smallest absolute Gasteiger partial charge is 0.333 e. The zero-order valence-corrected chi connectivity index (χ0v) is 18.9. The van der Waals surface area contributed by atoms with Gasteiger partial charge in [0.25, 0.3) is 5.91 Å². The number of amides is 4. The number of nitrogens with one attached hydrogen (secondary N) is 1. The van der Waals surface area contributed by atoms with Crippen molar-refractivity contribution < 1.29 is 27.6 Å². The van der Waals surface area contributed by atoms with Crippen molar-refractivity contribution in [3.63, 3.8) is 0 Å². The zero-order valence-electron chi connectivity index (χ0n) is 18.9. The van der Waals surface area contributed by atoms with Gasteiger partial charge in [0, 0.05) is 18.7 Å². The number of pyridine rings is 1.